The van der Waals surface area contributed by atoms with Gasteiger partial charge in [0.05, 0.1) is 18.6 Å². The summed E-state index contributed by atoms with van der Waals surface area (Å²) in [5.74, 6) is -1.80. The van der Waals surface area contributed by atoms with Crippen molar-refractivity contribution in [1.82, 2.24) is 10.2 Å². The average Bonchev–Trinajstić information content (AvgIpc) is 3.05. The van der Waals surface area contributed by atoms with Gasteiger partial charge in [0.1, 0.15) is 12.6 Å². The molecule has 0 spiro atoms. The molecule has 0 heterocycles. The van der Waals surface area contributed by atoms with Gasteiger partial charge < -0.3 is 25.8 Å². The highest BCUT2D eigenvalue weighted by Gasteiger charge is 2.39. The first-order chi connectivity index (χ1) is 21.0. The molecule has 222 valence electrons. The van der Waals surface area contributed by atoms with E-state index in [1.807, 2.05) is 121 Å². The van der Waals surface area contributed by atoms with Crippen molar-refractivity contribution in [2.24, 2.45) is 5.73 Å². The number of rotatable bonds is 14. The van der Waals surface area contributed by atoms with Crippen molar-refractivity contribution < 1.29 is 24.2 Å². The molecule has 0 saturated carbocycles. The lowest BCUT2D eigenvalue weighted by Crippen LogP contribution is -2.52. The Bertz CT molecular complexity index is 1400. The van der Waals surface area contributed by atoms with Gasteiger partial charge in [0.15, 0.2) is 0 Å². The standard InChI is InChI=1S/C35H37N3O5/c36-33(40)30(22-13-23-37-35(42)43-25-26-14-5-1-6-15-26)38(31(24-39)27-16-7-2-8-17-27)34(41)32(28-18-9-3-10-19-28)29-20-11-4-12-21-29/h1-12,14-21,30-32,39H,13,22-25H2,(H2,36,40)(H,37,42)/t30-,31-/m1/s1. The first-order valence-corrected chi connectivity index (χ1v) is 14.3. The summed E-state index contributed by atoms with van der Waals surface area (Å²) in [6, 6.07) is 35.2. The van der Waals surface area contributed by atoms with E-state index in [1.54, 1.807) is 0 Å². The van der Waals surface area contributed by atoms with Crippen LogP contribution in [0.2, 0.25) is 0 Å². The maximum atomic E-state index is 14.6. The van der Waals surface area contributed by atoms with Gasteiger partial charge in [0.25, 0.3) is 0 Å². The lowest BCUT2D eigenvalue weighted by atomic mass is 9.88. The van der Waals surface area contributed by atoms with Gasteiger partial charge in [-0.2, -0.15) is 0 Å². The molecular weight excluding hydrogens is 542 g/mol. The zero-order chi connectivity index (χ0) is 30.4. The number of carbonyl (C=O) groups is 3. The molecule has 0 aliphatic carbocycles. The molecule has 0 aliphatic rings. The van der Waals surface area contributed by atoms with E-state index in [4.69, 9.17) is 10.5 Å². The van der Waals surface area contributed by atoms with E-state index >= 15 is 0 Å². The van der Waals surface area contributed by atoms with Crippen molar-refractivity contribution in [2.75, 3.05) is 13.2 Å². The minimum Gasteiger partial charge on any atom is -0.445 e. The minimum absolute atomic E-state index is 0.133. The van der Waals surface area contributed by atoms with Crippen LogP contribution in [0.25, 0.3) is 0 Å². The third-order valence-electron chi connectivity index (χ3n) is 7.26. The highest BCUT2D eigenvalue weighted by molar-refractivity contribution is 5.92. The molecule has 0 aliphatic heterocycles. The summed E-state index contributed by atoms with van der Waals surface area (Å²) < 4.78 is 5.27. The molecule has 0 saturated heterocycles. The van der Waals surface area contributed by atoms with E-state index < -0.39 is 36.6 Å². The minimum atomic E-state index is -1.05. The second-order valence-corrected chi connectivity index (χ2v) is 10.2. The Hall–Kier alpha value is -4.95. The number of nitrogens with zero attached hydrogens (tertiary/aromatic N) is 1. The number of nitrogens with one attached hydrogen (secondary N) is 1. The Morgan fingerprint density at radius 3 is 1.72 bits per heavy atom. The highest BCUT2D eigenvalue weighted by Crippen LogP contribution is 2.33. The molecule has 4 N–H and O–H groups in total. The number of carbonyl (C=O) groups excluding carboxylic acids is 3. The number of hydrogen-bond acceptors (Lipinski definition) is 5. The normalized spacial score (nSPS) is 12.2. The highest BCUT2D eigenvalue weighted by atomic mass is 16.5. The van der Waals surface area contributed by atoms with Gasteiger partial charge in [-0.15, -0.1) is 0 Å². The molecule has 0 radical (unpaired) electrons. The predicted molar refractivity (Wildman–Crippen MR) is 165 cm³/mol. The van der Waals surface area contributed by atoms with Crippen LogP contribution in [-0.4, -0.2) is 47.1 Å². The summed E-state index contributed by atoms with van der Waals surface area (Å²) in [5.41, 5.74) is 8.99. The van der Waals surface area contributed by atoms with Crippen LogP contribution in [-0.2, 0) is 20.9 Å². The largest absolute Gasteiger partial charge is 0.445 e. The van der Waals surface area contributed by atoms with E-state index in [0.717, 1.165) is 16.7 Å². The number of hydrogen-bond donors (Lipinski definition) is 3. The van der Waals surface area contributed by atoms with Crippen molar-refractivity contribution in [2.45, 2.75) is 37.5 Å². The number of benzene rings is 4. The predicted octanol–water partition coefficient (Wildman–Crippen LogP) is 4.94. The first kappa shape index (κ1) is 31.0. The Kier molecular flexibility index (Phi) is 11.5. The molecular formula is C35H37N3O5. The SMILES string of the molecule is NC(=O)[C@@H](CCCNC(=O)OCc1ccccc1)N(C(=O)C(c1ccccc1)c1ccccc1)[C@H](CO)c1ccccc1. The molecule has 43 heavy (non-hydrogen) atoms. The van der Waals surface area contributed by atoms with Crippen molar-refractivity contribution >= 4 is 17.9 Å². The second kappa shape index (κ2) is 15.9. The second-order valence-electron chi connectivity index (χ2n) is 10.2. The molecule has 0 bridgehead atoms. The average molecular weight is 580 g/mol. The van der Waals surface area contributed by atoms with E-state index in [1.165, 1.54) is 4.90 Å². The molecule has 0 unspecified atom stereocenters. The lowest BCUT2D eigenvalue weighted by molar-refractivity contribution is -0.144. The van der Waals surface area contributed by atoms with Gasteiger partial charge in [0, 0.05) is 6.54 Å². The molecule has 0 aromatic heterocycles. The maximum Gasteiger partial charge on any atom is 0.407 e. The fraction of sp³-hybridized carbons (Fsp3) is 0.229. The van der Waals surface area contributed by atoms with Gasteiger partial charge >= 0.3 is 6.09 Å². The number of alkyl carbamates (subject to hydrolysis) is 1. The number of aliphatic hydroxyl groups is 1. The Balaban J connectivity index is 1.58. The summed E-state index contributed by atoms with van der Waals surface area (Å²) in [7, 11) is 0. The molecule has 2 atom stereocenters. The van der Waals surface area contributed by atoms with Gasteiger partial charge in [0.2, 0.25) is 11.8 Å². The molecule has 4 rings (SSSR count). The van der Waals surface area contributed by atoms with Crippen LogP contribution in [0.4, 0.5) is 4.79 Å². The van der Waals surface area contributed by atoms with Gasteiger partial charge in [-0.25, -0.2) is 4.79 Å². The first-order valence-electron chi connectivity index (χ1n) is 14.3. The summed E-state index contributed by atoms with van der Waals surface area (Å²) in [4.78, 5) is 41.3. The fourth-order valence-electron chi connectivity index (χ4n) is 5.15. The topological polar surface area (TPSA) is 122 Å². The zero-order valence-electron chi connectivity index (χ0n) is 23.9. The molecule has 4 aromatic carbocycles. The van der Waals surface area contributed by atoms with Crippen LogP contribution < -0.4 is 11.1 Å². The van der Waals surface area contributed by atoms with Crippen LogP contribution in [0, 0.1) is 0 Å². The Morgan fingerprint density at radius 2 is 1.23 bits per heavy atom. The van der Waals surface area contributed by atoms with Crippen molar-refractivity contribution in [3.8, 4) is 0 Å². The van der Waals surface area contributed by atoms with E-state index in [2.05, 4.69) is 5.32 Å². The summed E-state index contributed by atoms with van der Waals surface area (Å²) in [6.45, 7) is -0.0796. The number of nitrogens with two attached hydrogens (primary N) is 1. The third kappa shape index (κ3) is 8.53. The van der Waals surface area contributed by atoms with Crippen molar-refractivity contribution in [1.29, 1.82) is 0 Å². The monoisotopic (exact) mass is 579 g/mol. The summed E-state index contributed by atoms with van der Waals surface area (Å²) in [5, 5.41) is 13.3. The van der Waals surface area contributed by atoms with Gasteiger partial charge in [-0.1, -0.05) is 121 Å². The van der Waals surface area contributed by atoms with Crippen LogP contribution in [0.5, 0.6) is 0 Å². The molecule has 3 amide bonds. The Labute approximate surface area is 252 Å². The van der Waals surface area contributed by atoms with Crippen molar-refractivity contribution in [3.05, 3.63) is 144 Å². The third-order valence-corrected chi connectivity index (χ3v) is 7.26. The number of amides is 3. The Morgan fingerprint density at radius 1 is 0.744 bits per heavy atom. The van der Waals surface area contributed by atoms with Crippen LogP contribution in [0.3, 0.4) is 0 Å². The maximum absolute atomic E-state index is 14.6. The lowest BCUT2D eigenvalue weighted by Gasteiger charge is -2.39. The quantitative estimate of drug-likeness (QED) is 0.183. The molecule has 8 heteroatoms. The molecule has 8 nitrogen and oxygen atoms in total. The summed E-state index contributed by atoms with van der Waals surface area (Å²) in [6.07, 6.45) is -0.0793. The molecule has 0 fully saturated rings. The zero-order valence-corrected chi connectivity index (χ0v) is 23.9. The van der Waals surface area contributed by atoms with Crippen LogP contribution in [0.15, 0.2) is 121 Å². The van der Waals surface area contributed by atoms with E-state index in [0.29, 0.717) is 12.0 Å². The smallest absolute Gasteiger partial charge is 0.407 e. The van der Waals surface area contributed by atoms with Crippen LogP contribution >= 0.6 is 0 Å². The van der Waals surface area contributed by atoms with Gasteiger partial charge in [-0.3, -0.25) is 9.59 Å². The van der Waals surface area contributed by atoms with Crippen molar-refractivity contribution in [3.63, 3.8) is 0 Å². The van der Waals surface area contributed by atoms with Gasteiger partial charge in [-0.05, 0) is 35.1 Å². The number of primary amides is 1. The molecule has 4 aromatic rings. The number of ether oxygens (including phenoxy) is 1. The van der Waals surface area contributed by atoms with E-state index in [-0.39, 0.29) is 25.5 Å². The van der Waals surface area contributed by atoms with Crippen LogP contribution in [0.1, 0.15) is 47.1 Å². The van der Waals surface area contributed by atoms with E-state index in [9.17, 15) is 19.5 Å². The summed E-state index contributed by atoms with van der Waals surface area (Å²) >= 11 is 0. The number of aliphatic hydroxyl groups excluding tert-OH is 1. The fourth-order valence-corrected chi connectivity index (χ4v) is 5.15.